The lowest BCUT2D eigenvalue weighted by Gasteiger charge is -2.06. The molecule has 2 aromatic heterocycles. The minimum atomic E-state index is -0.0118. The van der Waals surface area contributed by atoms with Crippen LogP contribution < -0.4 is 5.73 Å². The fourth-order valence-electron chi connectivity index (χ4n) is 1.26. The molecule has 0 fully saturated rings. The van der Waals surface area contributed by atoms with Crippen LogP contribution in [0.2, 0.25) is 0 Å². The first-order chi connectivity index (χ1) is 8.22. The predicted octanol–water partition coefficient (Wildman–Crippen LogP) is 1.06. The molecule has 0 aliphatic rings. The van der Waals surface area contributed by atoms with Crippen LogP contribution in [0.4, 0.5) is 0 Å². The van der Waals surface area contributed by atoms with Crippen LogP contribution in [-0.4, -0.2) is 25.6 Å². The molecular weight excluding hydrogens is 238 g/mol. The van der Waals surface area contributed by atoms with E-state index in [0.717, 1.165) is 10.1 Å². The van der Waals surface area contributed by atoms with Gasteiger partial charge in [-0.3, -0.25) is 4.98 Å². The van der Waals surface area contributed by atoms with E-state index in [1.807, 2.05) is 23.9 Å². The van der Waals surface area contributed by atoms with E-state index in [4.69, 9.17) is 10.9 Å². The first-order valence-electron chi connectivity index (χ1n) is 4.80. The standard InChI is InChI=1S/C10H11N5OS/c1-15-6-5-13-10(15)17-7-3-2-4-12-8(7)9(11)14-16/h2-6,16H,1H3,(H2,11,14). The van der Waals surface area contributed by atoms with Gasteiger partial charge in [0, 0.05) is 30.5 Å². The number of imidazole rings is 1. The van der Waals surface area contributed by atoms with Gasteiger partial charge >= 0.3 is 0 Å². The van der Waals surface area contributed by atoms with Crippen molar-refractivity contribution in [3.05, 3.63) is 36.4 Å². The Balaban J connectivity index is 2.36. The van der Waals surface area contributed by atoms with Gasteiger partial charge in [0.05, 0.1) is 0 Å². The van der Waals surface area contributed by atoms with Crippen LogP contribution in [-0.2, 0) is 7.05 Å². The molecule has 88 valence electrons. The summed E-state index contributed by atoms with van der Waals surface area (Å²) in [6, 6.07) is 3.64. The molecule has 0 spiro atoms. The van der Waals surface area contributed by atoms with Crippen molar-refractivity contribution in [2.75, 3.05) is 0 Å². The zero-order valence-corrected chi connectivity index (χ0v) is 9.92. The molecular formula is C10H11N5OS. The van der Waals surface area contributed by atoms with Gasteiger partial charge in [-0.2, -0.15) is 0 Å². The van der Waals surface area contributed by atoms with Crippen molar-refractivity contribution < 1.29 is 5.21 Å². The van der Waals surface area contributed by atoms with Gasteiger partial charge in [-0.05, 0) is 23.9 Å². The van der Waals surface area contributed by atoms with Crippen molar-refractivity contribution >= 4 is 17.6 Å². The minimum absolute atomic E-state index is 0.0118. The minimum Gasteiger partial charge on any atom is -0.409 e. The van der Waals surface area contributed by atoms with Gasteiger partial charge in [0.2, 0.25) is 0 Å². The molecule has 0 saturated heterocycles. The number of nitrogens with two attached hydrogens (primary N) is 1. The quantitative estimate of drug-likeness (QED) is 0.367. The Morgan fingerprint density at radius 2 is 2.29 bits per heavy atom. The van der Waals surface area contributed by atoms with Crippen LogP contribution in [0.5, 0.6) is 0 Å². The molecule has 0 saturated carbocycles. The number of oxime groups is 1. The first-order valence-corrected chi connectivity index (χ1v) is 5.62. The highest BCUT2D eigenvalue weighted by atomic mass is 32.2. The number of amidine groups is 1. The van der Waals surface area contributed by atoms with Crippen LogP contribution in [0.3, 0.4) is 0 Å². The van der Waals surface area contributed by atoms with Crippen LogP contribution in [0.1, 0.15) is 5.69 Å². The summed E-state index contributed by atoms with van der Waals surface area (Å²) >= 11 is 1.41. The molecule has 2 heterocycles. The summed E-state index contributed by atoms with van der Waals surface area (Å²) in [6.07, 6.45) is 5.15. The Bertz CT molecular complexity index is 551. The van der Waals surface area contributed by atoms with Gasteiger partial charge in [-0.25, -0.2) is 4.98 Å². The number of nitrogens with zero attached hydrogens (tertiary/aromatic N) is 4. The van der Waals surface area contributed by atoms with Crippen molar-refractivity contribution in [3.63, 3.8) is 0 Å². The van der Waals surface area contributed by atoms with Gasteiger partial charge in [-0.15, -0.1) is 0 Å². The highest BCUT2D eigenvalue weighted by Gasteiger charge is 2.11. The monoisotopic (exact) mass is 249 g/mol. The fourth-order valence-corrected chi connectivity index (χ4v) is 2.18. The summed E-state index contributed by atoms with van der Waals surface area (Å²) in [5.41, 5.74) is 6.01. The summed E-state index contributed by atoms with van der Waals surface area (Å²) in [7, 11) is 1.90. The van der Waals surface area contributed by atoms with Gasteiger partial charge in [0.1, 0.15) is 5.69 Å². The van der Waals surface area contributed by atoms with E-state index in [1.54, 1.807) is 18.5 Å². The average Bonchev–Trinajstić information content (AvgIpc) is 2.75. The third-order valence-corrected chi connectivity index (χ3v) is 3.22. The second kappa shape index (κ2) is 4.88. The van der Waals surface area contributed by atoms with E-state index in [-0.39, 0.29) is 5.84 Å². The van der Waals surface area contributed by atoms with Gasteiger partial charge in [-0.1, -0.05) is 5.16 Å². The second-order valence-electron chi connectivity index (χ2n) is 3.26. The fraction of sp³-hybridized carbons (Fsp3) is 0.100. The molecule has 0 bridgehead atoms. The van der Waals surface area contributed by atoms with Crippen molar-refractivity contribution in [1.29, 1.82) is 0 Å². The normalized spacial score (nSPS) is 11.7. The van der Waals surface area contributed by atoms with E-state index in [2.05, 4.69) is 15.1 Å². The third kappa shape index (κ3) is 2.39. The Morgan fingerprint density at radius 3 is 2.94 bits per heavy atom. The molecule has 0 aromatic carbocycles. The molecule has 3 N–H and O–H groups in total. The van der Waals surface area contributed by atoms with Crippen LogP contribution in [0.25, 0.3) is 0 Å². The average molecular weight is 249 g/mol. The van der Waals surface area contributed by atoms with E-state index in [9.17, 15) is 0 Å². The maximum atomic E-state index is 8.69. The SMILES string of the molecule is Cn1ccnc1Sc1cccnc1/C(N)=N/O. The number of rotatable bonds is 3. The predicted molar refractivity (Wildman–Crippen MR) is 64.1 cm³/mol. The molecule has 0 atom stereocenters. The Morgan fingerprint density at radius 1 is 1.47 bits per heavy atom. The highest BCUT2D eigenvalue weighted by Crippen LogP contribution is 2.27. The molecule has 0 radical (unpaired) electrons. The molecule has 0 amide bonds. The van der Waals surface area contributed by atoms with Crippen molar-refractivity contribution in [1.82, 2.24) is 14.5 Å². The summed E-state index contributed by atoms with van der Waals surface area (Å²) in [5, 5.41) is 12.5. The van der Waals surface area contributed by atoms with E-state index in [1.165, 1.54) is 11.8 Å². The van der Waals surface area contributed by atoms with E-state index < -0.39 is 0 Å². The Kier molecular flexibility index (Phi) is 3.29. The third-order valence-electron chi connectivity index (χ3n) is 2.10. The summed E-state index contributed by atoms with van der Waals surface area (Å²) in [6.45, 7) is 0. The maximum Gasteiger partial charge on any atom is 0.189 e. The topological polar surface area (TPSA) is 89.3 Å². The van der Waals surface area contributed by atoms with Gasteiger partial charge in [0.25, 0.3) is 0 Å². The number of aryl methyl sites for hydroxylation is 1. The summed E-state index contributed by atoms with van der Waals surface area (Å²) in [4.78, 5) is 9.07. The molecule has 2 rings (SSSR count). The van der Waals surface area contributed by atoms with Crippen LogP contribution in [0.15, 0.2) is 45.9 Å². The zero-order valence-electron chi connectivity index (χ0n) is 9.11. The van der Waals surface area contributed by atoms with Gasteiger partial charge < -0.3 is 15.5 Å². The largest absolute Gasteiger partial charge is 0.409 e. The van der Waals surface area contributed by atoms with E-state index in [0.29, 0.717) is 5.69 Å². The molecule has 17 heavy (non-hydrogen) atoms. The lowest BCUT2D eigenvalue weighted by Crippen LogP contribution is -2.16. The molecule has 2 aromatic rings. The summed E-state index contributed by atoms with van der Waals surface area (Å²) in [5.74, 6) is -0.0118. The number of aromatic nitrogens is 3. The zero-order chi connectivity index (χ0) is 12.3. The van der Waals surface area contributed by atoms with Gasteiger partial charge in [0.15, 0.2) is 11.0 Å². The Hall–Kier alpha value is -2.02. The molecule has 7 heteroatoms. The molecule has 6 nitrogen and oxygen atoms in total. The van der Waals surface area contributed by atoms with Crippen molar-refractivity contribution in [3.8, 4) is 0 Å². The number of hydrogen-bond acceptors (Lipinski definition) is 5. The lowest BCUT2D eigenvalue weighted by atomic mass is 10.3. The summed E-state index contributed by atoms with van der Waals surface area (Å²) < 4.78 is 1.88. The smallest absolute Gasteiger partial charge is 0.189 e. The van der Waals surface area contributed by atoms with Crippen molar-refractivity contribution in [2.24, 2.45) is 17.9 Å². The van der Waals surface area contributed by atoms with Crippen LogP contribution in [0, 0.1) is 0 Å². The van der Waals surface area contributed by atoms with Crippen LogP contribution >= 0.6 is 11.8 Å². The second-order valence-corrected chi connectivity index (χ2v) is 4.27. The van der Waals surface area contributed by atoms with E-state index >= 15 is 0 Å². The lowest BCUT2D eigenvalue weighted by molar-refractivity contribution is 0.318. The molecule has 0 aliphatic carbocycles. The molecule has 0 unspecified atom stereocenters. The highest BCUT2D eigenvalue weighted by molar-refractivity contribution is 7.99. The number of hydrogen-bond donors (Lipinski definition) is 2. The maximum absolute atomic E-state index is 8.69. The first kappa shape index (κ1) is 11.5. The Labute approximate surface area is 102 Å². The van der Waals surface area contributed by atoms with Crippen molar-refractivity contribution in [2.45, 2.75) is 10.1 Å². The number of pyridine rings is 1. The molecule has 0 aliphatic heterocycles.